The average Bonchev–Trinajstić information content (AvgIpc) is 2.85. The number of carboxylic acid groups (broad SMARTS) is 1. The fourth-order valence-electron chi connectivity index (χ4n) is 2.05. The van der Waals surface area contributed by atoms with E-state index in [1.807, 2.05) is 42.7 Å². The van der Waals surface area contributed by atoms with Crippen LogP contribution < -0.4 is 4.74 Å². The highest BCUT2D eigenvalue weighted by atomic mass is 32.2. The van der Waals surface area contributed by atoms with Crippen molar-refractivity contribution in [2.75, 3.05) is 12.9 Å². The van der Waals surface area contributed by atoms with Gasteiger partial charge in [-0.1, -0.05) is 23.9 Å². The summed E-state index contributed by atoms with van der Waals surface area (Å²) in [5.74, 6) is 0.649. The first-order valence-electron chi connectivity index (χ1n) is 6.43. The molecule has 0 radical (unpaired) electrons. The molecule has 6 nitrogen and oxygen atoms in total. The van der Waals surface area contributed by atoms with Gasteiger partial charge in [0.1, 0.15) is 11.6 Å². The number of nitrogens with zero attached hydrogens (tertiary/aromatic N) is 3. The monoisotopic (exact) mass is 307 g/mol. The Balaban J connectivity index is 2.26. The molecule has 1 atom stereocenters. The molecule has 1 N–H and O–H groups in total. The molecule has 1 aromatic heterocycles. The van der Waals surface area contributed by atoms with Gasteiger partial charge in [-0.2, -0.15) is 0 Å². The van der Waals surface area contributed by atoms with E-state index < -0.39 is 5.97 Å². The highest BCUT2D eigenvalue weighted by Gasteiger charge is 2.17. The zero-order valence-corrected chi connectivity index (χ0v) is 12.9. The standard InChI is InChI=1S/C14H17N3O3S/c1-9(11-4-6-12(20-3)7-5-11)17-10(2)15-16-14(17)21-8-13(18)19/h4-7,9H,8H2,1-3H3,(H,18,19). The SMILES string of the molecule is COc1ccc(C(C)n2c(C)nnc2SCC(=O)O)cc1. The van der Waals surface area contributed by atoms with Crippen molar-refractivity contribution in [3.63, 3.8) is 0 Å². The predicted octanol–water partition coefficient (Wildman–Crippen LogP) is 2.38. The van der Waals surface area contributed by atoms with Crippen molar-refractivity contribution in [2.45, 2.75) is 25.0 Å². The molecule has 0 bridgehead atoms. The number of carboxylic acids is 1. The first-order chi connectivity index (χ1) is 10.0. The largest absolute Gasteiger partial charge is 0.497 e. The molecule has 7 heteroatoms. The Kier molecular flexibility index (Phi) is 4.85. The third kappa shape index (κ3) is 3.55. The Labute approximate surface area is 127 Å². The van der Waals surface area contributed by atoms with Gasteiger partial charge in [-0.3, -0.25) is 9.36 Å². The van der Waals surface area contributed by atoms with E-state index in [1.165, 1.54) is 11.8 Å². The van der Waals surface area contributed by atoms with Gasteiger partial charge in [-0.25, -0.2) is 0 Å². The van der Waals surface area contributed by atoms with E-state index in [4.69, 9.17) is 9.84 Å². The molecule has 0 fully saturated rings. The lowest BCUT2D eigenvalue weighted by atomic mass is 10.1. The molecule has 0 aliphatic rings. The lowest BCUT2D eigenvalue weighted by molar-refractivity contribution is -0.133. The maximum absolute atomic E-state index is 10.7. The zero-order valence-electron chi connectivity index (χ0n) is 12.1. The first-order valence-corrected chi connectivity index (χ1v) is 7.41. The Hall–Kier alpha value is -2.02. The van der Waals surface area contributed by atoms with Crippen LogP contribution in [0.5, 0.6) is 5.75 Å². The van der Waals surface area contributed by atoms with Crippen LogP contribution in [0.4, 0.5) is 0 Å². The Morgan fingerprint density at radius 2 is 2.05 bits per heavy atom. The number of ether oxygens (including phenoxy) is 1. The second-order valence-electron chi connectivity index (χ2n) is 4.53. The van der Waals surface area contributed by atoms with Crippen LogP contribution in [0.1, 0.15) is 24.4 Å². The first kappa shape index (κ1) is 15.4. The fourth-order valence-corrected chi connectivity index (χ4v) is 2.83. The smallest absolute Gasteiger partial charge is 0.313 e. The van der Waals surface area contributed by atoms with Gasteiger partial charge >= 0.3 is 5.97 Å². The highest BCUT2D eigenvalue weighted by molar-refractivity contribution is 7.99. The summed E-state index contributed by atoms with van der Waals surface area (Å²) in [6, 6.07) is 7.77. The number of aliphatic carboxylic acids is 1. The van der Waals surface area contributed by atoms with E-state index in [1.54, 1.807) is 7.11 Å². The van der Waals surface area contributed by atoms with Crippen LogP contribution in [0.3, 0.4) is 0 Å². The topological polar surface area (TPSA) is 77.2 Å². The van der Waals surface area contributed by atoms with Gasteiger partial charge in [0, 0.05) is 0 Å². The summed E-state index contributed by atoms with van der Waals surface area (Å²) < 4.78 is 7.09. The van der Waals surface area contributed by atoms with Crippen molar-refractivity contribution >= 4 is 17.7 Å². The van der Waals surface area contributed by atoms with Crippen LogP contribution in [-0.2, 0) is 4.79 Å². The molecule has 0 spiro atoms. The van der Waals surface area contributed by atoms with Crippen molar-refractivity contribution in [1.82, 2.24) is 14.8 Å². The zero-order chi connectivity index (χ0) is 15.4. The van der Waals surface area contributed by atoms with E-state index in [0.717, 1.165) is 17.1 Å². The molecule has 0 amide bonds. The maximum Gasteiger partial charge on any atom is 0.313 e. The molecule has 1 aromatic carbocycles. The van der Waals surface area contributed by atoms with Gasteiger partial charge in [0.25, 0.3) is 0 Å². The molecule has 0 saturated carbocycles. The molecule has 21 heavy (non-hydrogen) atoms. The van der Waals surface area contributed by atoms with Crippen molar-refractivity contribution in [3.05, 3.63) is 35.7 Å². The third-order valence-corrected chi connectivity index (χ3v) is 4.07. The van der Waals surface area contributed by atoms with E-state index in [0.29, 0.717) is 5.16 Å². The van der Waals surface area contributed by atoms with Crippen LogP contribution in [0.2, 0.25) is 0 Å². The van der Waals surface area contributed by atoms with E-state index in [-0.39, 0.29) is 11.8 Å². The van der Waals surface area contributed by atoms with Gasteiger partial charge in [-0.15, -0.1) is 10.2 Å². The number of methoxy groups -OCH3 is 1. The van der Waals surface area contributed by atoms with Gasteiger partial charge in [0.15, 0.2) is 5.16 Å². The second kappa shape index (κ2) is 6.62. The molecule has 0 saturated heterocycles. The number of carbonyl (C=O) groups is 1. The summed E-state index contributed by atoms with van der Waals surface area (Å²) in [5, 5.41) is 17.5. The van der Waals surface area contributed by atoms with Gasteiger partial charge in [0.05, 0.1) is 18.9 Å². The number of benzene rings is 1. The van der Waals surface area contributed by atoms with Crippen LogP contribution in [0.25, 0.3) is 0 Å². The molecule has 0 aliphatic carbocycles. The summed E-state index contributed by atoms with van der Waals surface area (Å²) in [7, 11) is 1.63. The fraction of sp³-hybridized carbons (Fsp3) is 0.357. The van der Waals surface area contributed by atoms with Gasteiger partial charge < -0.3 is 9.84 Å². The van der Waals surface area contributed by atoms with Crippen LogP contribution >= 0.6 is 11.8 Å². The summed E-state index contributed by atoms with van der Waals surface area (Å²) in [6.45, 7) is 3.89. The number of rotatable bonds is 6. The number of thioether (sulfide) groups is 1. The van der Waals surface area contributed by atoms with Crippen molar-refractivity contribution < 1.29 is 14.6 Å². The predicted molar refractivity (Wildman–Crippen MR) is 79.9 cm³/mol. The molecule has 112 valence electrons. The van der Waals surface area contributed by atoms with Crippen LogP contribution in [0, 0.1) is 6.92 Å². The Morgan fingerprint density at radius 3 is 2.62 bits per heavy atom. The minimum Gasteiger partial charge on any atom is -0.497 e. The van der Waals surface area contributed by atoms with Crippen LogP contribution in [0.15, 0.2) is 29.4 Å². The van der Waals surface area contributed by atoms with Gasteiger partial charge in [0.2, 0.25) is 0 Å². The minimum absolute atomic E-state index is 0.0159. The maximum atomic E-state index is 10.7. The Bertz CT molecular complexity index is 625. The molecule has 1 heterocycles. The number of aryl methyl sites for hydroxylation is 1. The van der Waals surface area contributed by atoms with Crippen molar-refractivity contribution in [3.8, 4) is 5.75 Å². The van der Waals surface area contributed by atoms with Crippen molar-refractivity contribution in [1.29, 1.82) is 0 Å². The molecular weight excluding hydrogens is 290 g/mol. The molecule has 1 unspecified atom stereocenters. The van der Waals surface area contributed by atoms with Gasteiger partial charge in [-0.05, 0) is 31.5 Å². The van der Waals surface area contributed by atoms with Crippen molar-refractivity contribution in [2.24, 2.45) is 0 Å². The quantitative estimate of drug-likeness (QED) is 0.826. The van der Waals surface area contributed by atoms with E-state index in [9.17, 15) is 4.79 Å². The summed E-state index contributed by atoms with van der Waals surface area (Å²) in [5.41, 5.74) is 1.08. The molecular formula is C14H17N3O3S. The number of hydrogen-bond acceptors (Lipinski definition) is 5. The number of aromatic nitrogens is 3. The van der Waals surface area contributed by atoms with E-state index >= 15 is 0 Å². The van der Waals surface area contributed by atoms with Crippen LogP contribution in [-0.4, -0.2) is 38.7 Å². The average molecular weight is 307 g/mol. The second-order valence-corrected chi connectivity index (χ2v) is 5.47. The Morgan fingerprint density at radius 1 is 1.38 bits per heavy atom. The summed E-state index contributed by atoms with van der Waals surface area (Å²) in [6.07, 6.45) is 0. The molecule has 2 aromatic rings. The summed E-state index contributed by atoms with van der Waals surface area (Å²) >= 11 is 1.17. The lowest BCUT2D eigenvalue weighted by Gasteiger charge is -2.17. The molecule has 2 rings (SSSR count). The minimum atomic E-state index is -0.871. The van der Waals surface area contributed by atoms with E-state index in [2.05, 4.69) is 10.2 Å². The highest BCUT2D eigenvalue weighted by Crippen LogP contribution is 2.27. The molecule has 0 aliphatic heterocycles. The normalized spacial score (nSPS) is 12.1. The third-order valence-electron chi connectivity index (χ3n) is 3.15. The lowest BCUT2D eigenvalue weighted by Crippen LogP contribution is -2.11. The number of hydrogen-bond donors (Lipinski definition) is 1. The summed E-state index contributed by atoms with van der Waals surface area (Å²) in [4.78, 5) is 10.7.